The average molecular weight is 319 g/mol. The summed E-state index contributed by atoms with van der Waals surface area (Å²) in [5.74, 6) is 0.574. The molecule has 0 aliphatic rings. The highest BCUT2D eigenvalue weighted by Crippen LogP contribution is 2.13. The third kappa shape index (κ3) is 5.69. The van der Waals surface area contributed by atoms with E-state index in [1.54, 1.807) is 17.4 Å². The van der Waals surface area contributed by atoms with Crippen LogP contribution in [0.15, 0.2) is 47.9 Å². The molecule has 1 aromatic heterocycles. The van der Waals surface area contributed by atoms with Crippen molar-refractivity contribution in [3.05, 3.63) is 58.3 Å². The molecule has 5 heteroatoms. The van der Waals surface area contributed by atoms with Crippen molar-refractivity contribution >= 4 is 23.3 Å². The number of nitrogens with one attached hydrogen (secondary N) is 1. The van der Waals surface area contributed by atoms with E-state index in [1.165, 1.54) is 6.08 Å². The number of hydrogen-bond donors (Lipinski definition) is 1. The topological polar surface area (TPSA) is 38.3 Å². The second-order valence-corrected chi connectivity index (χ2v) is 5.62. The maximum absolute atomic E-state index is 12.0. The van der Waals surface area contributed by atoms with Crippen LogP contribution in [0.1, 0.15) is 16.9 Å². The highest BCUT2D eigenvalue weighted by atomic mass is 32.1. The molecule has 0 aliphatic carbocycles. The summed E-state index contributed by atoms with van der Waals surface area (Å²) < 4.78 is 17.3. The molecule has 0 radical (unpaired) electrons. The fourth-order valence-electron chi connectivity index (χ4n) is 1.74. The summed E-state index contributed by atoms with van der Waals surface area (Å²) in [7, 11) is 0. The van der Waals surface area contributed by atoms with Gasteiger partial charge in [-0.05, 0) is 35.2 Å². The fourth-order valence-corrected chi connectivity index (χ4v) is 2.38. The van der Waals surface area contributed by atoms with Crippen molar-refractivity contribution in [1.82, 2.24) is 5.32 Å². The Bertz CT molecular complexity index is 594. The van der Waals surface area contributed by atoms with E-state index in [1.807, 2.05) is 41.8 Å². The lowest BCUT2D eigenvalue weighted by atomic mass is 10.2. The molecular formula is C17H18FNO2S. The Morgan fingerprint density at radius 1 is 1.27 bits per heavy atom. The molecule has 2 rings (SSSR count). The first-order valence-corrected chi connectivity index (χ1v) is 7.93. The van der Waals surface area contributed by atoms with Gasteiger partial charge in [0.05, 0.1) is 19.8 Å². The van der Waals surface area contributed by atoms with Crippen molar-refractivity contribution in [2.45, 2.75) is 13.0 Å². The Balaban J connectivity index is 1.78. The Morgan fingerprint density at radius 2 is 2.09 bits per heavy atom. The number of alkyl halides is 1. The predicted octanol–water partition coefficient (Wildman–Crippen LogP) is 3.82. The minimum Gasteiger partial charge on any atom is -0.493 e. The molecule has 2 aromatic rings. The number of rotatable bonds is 8. The van der Waals surface area contributed by atoms with Gasteiger partial charge in [0.15, 0.2) is 0 Å². The molecule has 1 aromatic carbocycles. The van der Waals surface area contributed by atoms with Gasteiger partial charge in [0, 0.05) is 17.4 Å². The molecule has 116 valence electrons. The Hall–Kier alpha value is -2.14. The van der Waals surface area contributed by atoms with Gasteiger partial charge in [-0.3, -0.25) is 9.18 Å². The second-order valence-electron chi connectivity index (χ2n) is 4.59. The normalized spacial score (nSPS) is 10.8. The van der Waals surface area contributed by atoms with Crippen molar-refractivity contribution < 1.29 is 13.9 Å². The molecule has 1 heterocycles. The third-order valence-electron chi connectivity index (χ3n) is 2.87. The van der Waals surface area contributed by atoms with E-state index in [0.29, 0.717) is 25.3 Å². The van der Waals surface area contributed by atoms with Gasteiger partial charge in [0.2, 0.25) is 5.91 Å². The molecule has 1 N–H and O–H groups in total. The SMILES string of the molecule is O=C(C=Cc1ccc(OCCCF)cc1)NCc1cccs1. The zero-order chi connectivity index (χ0) is 15.6. The zero-order valence-electron chi connectivity index (χ0n) is 12.1. The summed E-state index contributed by atoms with van der Waals surface area (Å²) in [4.78, 5) is 12.8. The summed E-state index contributed by atoms with van der Waals surface area (Å²) in [6, 6.07) is 11.3. The number of carbonyl (C=O) groups excluding carboxylic acids is 1. The van der Waals surface area contributed by atoms with E-state index < -0.39 is 0 Å². The first kappa shape index (κ1) is 16.2. The third-order valence-corrected chi connectivity index (χ3v) is 3.75. The van der Waals surface area contributed by atoms with Gasteiger partial charge in [-0.1, -0.05) is 18.2 Å². The van der Waals surface area contributed by atoms with E-state index in [9.17, 15) is 9.18 Å². The van der Waals surface area contributed by atoms with E-state index >= 15 is 0 Å². The molecule has 0 saturated carbocycles. The van der Waals surface area contributed by atoms with Crippen molar-refractivity contribution in [3.63, 3.8) is 0 Å². The standard InChI is InChI=1S/C17H18FNO2S/c18-10-2-11-21-15-7-4-14(5-8-15)6-9-17(20)19-13-16-3-1-12-22-16/h1,3-9,12H,2,10-11,13H2,(H,19,20). The maximum atomic E-state index is 12.0. The summed E-state index contributed by atoms with van der Waals surface area (Å²) >= 11 is 1.61. The first-order chi connectivity index (χ1) is 10.8. The van der Waals surface area contributed by atoms with Crippen LogP contribution in [0.2, 0.25) is 0 Å². The molecule has 3 nitrogen and oxygen atoms in total. The lowest BCUT2D eigenvalue weighted by Crippen LogP contribution is -2.19. The van der Waals surface area contributed by atoms with Gasteiger partial charge in [0.1, 0.15) is 5.75 Å². The largest absolute Gasteiger partial charge is 0.493 e. The van der Waals surface area contributed by atoms with Crippen molar-refractivity contribution in [2.24, 2.45) is 0 Å². The van der Waals surface area contributed by atoms with E-state index in [0.717, 1.165) is 10.4 Å². The van der Waals surface area contributed by atoms with Crippen LogP contribution in [0.3, 0.4) is 0 Å². The van der Waals surface area contributed by atoms with Gasteiger partial charge in [-0.2, -0.15) is 0 Å². The number of hydrogen-bond acceptors (Lipinski definition) is 3. The molecule has 0 saturated heterocycles. The molecule has 0 fully saturated rings. The first-order valence-electron chi connectivity index (χ1n) is 7.05. The van der Waals surface area contributed by atoms with Crippen molar-refractivity contribution in [3.8, 4) is 5.75 Å². The van der Waals surface area contributed by atoms with Gasteiger partial charge in [-0.25, -0.2) is 0 Å². The lowest BCUT2D eigenvalue weighted by Gasteiger charge is -2.04. The molecule has 22 heavy (non-hydrogen) atoms. The van der Waals surface area contributed by atoms with Crippen LogP contribution in [0.5, 0.6) is 5.75 Å². The molecular weight excluding hydrogens is 301 g/mol. The van der Waals surface area contributed by atoms with E-state index in [2.05, 4.69) is 5.32 Å². The van der Waals surface area contributed by atoms with Crippen LogP contribution >= 0.6 is 11.3 Å². The van der Waals surface area contributed by atoms with Crippen molar-refractivity contribution in [2.75, 3.05) is 13.3 Å². The minimum absolute atomic E-state index is 0.128. The Morgan fingerprint density at radius 3 is 2.77 bits per heavy atom. The summed E-state index contributed by atoms with van der Waals surface area (Å²) in [6.45, 7) is 0.542. The van der Waals surface area contributed by atoms with Crippen molar-refractivity contribution in [1.29, 1.82) is 0 Å². The highest BCUT2D eigenvalue weighted by Gasteiger charge is 1.98. The fraction of sp³-hybridized carbons (Fsp3) is 0.235. The molecule has 0 aliphatic heterocycles. The number of carbonyl (C=O) groups is 1. The second kappa shape index (κ2) is 9.00. The molecule has 1 amide bonds. The maximum Gasteiger partial charge on any atom is 0.244 e. The number of halogens is 1. The molecule has 0 bridgehead atoms. The van der Waals surface area contributed by atoms with E-state index in [4.69, 9.17) is 4.74 Å². The number of ether oxygens (including phenoxy) is 1. The van der Waals surface area contributed by atoms with Gasteiger partial charge in [0.25, 0.3) is 0 Å². The monoisotopic (exact) mass is 319 g/mol. The molecule has 0 atom stereocenters. The number of thiophene rings is 1. The van der Waals surface area contributed by atoms with Crippen LogP contribution in [0.4, 0.5) is 4.39 Å². The molecule has 0 spiro atoms. The van der Waals surface area contributed by atoms with Crippen LogP contribution in [0, 0.1) is 0 Å². The molecule has 0 unspecified atom stereocenters. The van der Waals surface area contributed by atoms with Crippen LogP contribution in [-0.2, 0) is 11.3 Å². The van der Waals surface area contributed by atoms with Crippen LogP contribution < -0.4 is 10.1 Å². The van der Waals surface area contributed by atoms with Gasteiger partial charge in [-0.15, -0.1) is 11.3 Å². The Labute approximate surface area is 133 Å². The predicted molar refractivity (Wildman–Crippen MR) is 87.7 cm³/mol. The smallest absolute Gasteiger partial charge is 0.244 e. The number of benzene rings is 1. The van der Waals surface area contributed by atoms with Crippen LogP contribution in [0.25, 0.3) is 6.08 Å². The lowest BCUT2D eigenvalue weighted by molar-refractivity contribution is -0.116. The quantitative estimate of drug-likeness (QED) is 0.593. The zero-order valence-corrected chi connectivity index (χ0v) is 12.9. The van der Waals surface area contributed by atoms with E-state index in [-0.39, 0.29) is 12.6 Å². The summed E-state index contributed by atoms with van der Waals surface area (Å²) in [5.41, 5.74) is 0.907. The van der Waals surface area contributed by atoms with Crippen LogP contribution in [-0.4, -0.2) is 19.2 Å². The summed E-state index contributed by atoms with van der Waals surface area (Å²) in [6.07, 6.45) is 3.65. The van der Waals surface area contributed by atoms with Gasteiger partial charge >= 0.3 is 0 Å². The van der Waals surface area contributed by atoms with Gasteiger partial charge < -0.3 is 10.1 Å². The summed E-state index contributed by atoms with van der Waals surface area (Å²) in [5, 5.41) is 4.81. The Kier molecular flexibility index (Phi) is 6.64. The highest BCUT2D eigenvalue weighted by molar-refractivity contribution is 7.09. The number of amides is 1. The minimum atomic E-state index is -0.374. The average Bonchev–Trinajstić information content (AvgIpc) is 3.06.